The molecule has 2 aliphatic rings. The molecule has 1 saturated heterocycles. The zero-order valence-electron chi connectivity index (χ0n) is 17.1. The van der Waals surface area contributed by atoms with E-state index < -0.39 is 0 Å². The number of amides is 1. The lowest BCUT2D eigenvalue weighted by molar-refractivity contribution is 0.0705. The van der Waals surface area contributed by atoms with Gasteiger partial charge in [-0.3, -0.25) is 4.79 Å². The number of anilines is 2. The predicted octanol–water partition coefficient (Wildman–Crippen LogP) is 3.83. The lowest BCUT2D eigenvalue weighted by Gasteiger charge is -2.33. The fraction of sp³-hybridized carbons (Fsp3) is 0.478. The van der Waals surface area contributed by atoms with Crippen LogP contribution in [0.15, 0.2) is 42.6 Å². The topological polar surface area (TPSA) is 66.5 Å². The summed E-state index contributed by atoms with van der Waals surface area (Å²) < 4.78 is 5.49. The van der Waals surface area contributed by atoms with Gasteiger partial charge in [-0.1, -0.05) is 0 Å². The fourth-order valence-electron chi connectivity index (χ4n) is 3.73. The molecule has 2 fully saturated rings. The van der Waals surface area contributed by atoms with Gasteiger partial charge in [0, 0.05) is 31.0 Å². The molecular formula is C23H30N4O2. The summed E-state index contributed by atoms with van der Waals surface area (Å²) in [4.78, 5) is 19.5. The van der Waals surface area contributed by atoms with Crippen molar-refractivity contribution in [3.05, 3.63) is 48.2 Å². The van der Waals surface area contributed by atoms with Crippen molar-refractivity contribution in [2.24, 2.45) is 5.92 Å². The number of pyridine rings is 1. The summed E-state index contributed by atoms with van der Waals surface area (Å²) in [6.45, 7) is 5.32. The van der Waals surface area contributed by atoms with E-state index in [1.165, 1.54) is 12.8 Å². The van der Waals surface area contributed by atoms with Gasteiger partial charge in [-0.05, 0) is 81.5 Å². The molecule has 154 valence electrons. The number of rotatable bonds is 8. The molecule has 2 N–H and O–H groups in total. The van der Waals surface area contributed by atoms with Crippen LogP contribution in [0.4, 0.5) is 11.5 Å². The Labute approximate surface area is 172 Å². The van der Waals surface area contributed by atoms with Gasteiger partial charge in [0.15, 0.2) is 0 Å². The number of aromatic nitrogens is 1. The average Bonchev–Trinajstić information content (AvgIpc) is 3.59. The van der Waals surface area contributed by atoms with E-state index in [4.69, 9.17) is 4.74 Å². The first-order chi connectivity index (χ1) is 14.2. The summed E-state index contributed by atoms with van der Waals surface area (Å²) in [6, 6.07) is 11.9. The fourth-order valence-corrected chi connectivity index (χ4v) is 3.73. The summed E-state index contributed by atoms with van der Waals surface area (Å²) in [6.07, 6.45) is 6.48. The van der Waals surface area contributed by atoms with Gasteiger partial charge in [-0.25, -0.2) is 4.98 Å². The Morgan fingerprint density at radius 3 is 2.59 bits per heavy atom. The van der Waals surface area contributed by atoms with Crippen LogP contribution in [-0.2, 0) is 0 Å². The Hall–Kier alpha value is -2.60. The molecule has 0 spiro atoms. The predicted molar refractivity (Wildman–Crippen MR) is 115 cm³/mol. The molecule has 6 nitrogen and oxygen atoms in total. The van der Waals surface area contributed by atoms with Gasteiger partial charge in [0.2, 0.25) is 0 Å². The van der Waals surface area contributed by atoms with Crippen LogP contribution in [0, 0.1) is 5.92 Å². The van der Waals surface area contributed by atoms with Crippen LogP contribution < -0.4 is 15.4 Å². The summed E-state index contributed by atoms with van der Waals surface area (Å²) >= 11 is 0. The second-order valence-corrected chi connectivity index (χ2v) is 7.90. The van der Waals surface area contributed by atoms with Crippen molar-refractivity contribution in [3.63, 3.8) is 0 Å². The third-order valence-electron chi connectivity index (χ3n) is 5.64. The maximum absolute atomic E-state index is 13.1. The standard InChI is InChI=1S/C23H30N4O2/c1-2-29-20-9-7-19(8-10-20)26-22-21(4-3-13-24-22)23(28)27-14-11-18(12-15-27)25-16-17-5-6-17/h3-4,7-10,13,17-18,25H,2,5-6,11-12,14-16H2,1H3,(H,24,26). The van der Waals surface area contributed by atoms with Crippen molar-refractivity contribution < 1.29 is 9.53 Å². The zero-order valence-corrected chi connectivity index (χ0v) is 17.1. The Kier molecular flexibility index (Phi) is 6.30. The van der Waals surface area contributed by atoms with E-state index in [2.05, 4.69) is 15.6 Å². The minimum atomic E-state index is 0.0483. The normalized spacial score (nSPS) is 17.2. The van der Waals surface area contributed by atoms with Crippen LogP contribution in [0.1, 0.15) is 43.0 Å². The second kappa shape index (κ2) is 9.27. The molecule has 2 aromatic rings. The molecule has 1 saturated carbocycles. The summed E-state index contributed by atoms with van der Waals surface area (Å²) in [5.74, 6) is 2.36. The molecule has 1 aliphatic heterocycles. The molecule has 1 aromatic heterocycles. The molecule has 0 atom stereocenters. The Bertz CT molecular complexity index is 812. The van der Waals surface area contributed by atoms with Gasteiger partial charge in [-0.15, -0.1) is 0 Å². The molecule has 29 heavy (non-hydrogen) atoms. The lowest BCUT2D eigenvalue weighted by atomic mass is 10.0. The SMILES string of the molecule is CCOc1ccc(Nc2ncccc2C(=O)N2CCC(NCC3CC3)CC2)cc1. The average molecular weight is 395 g/mol. The molecule has 0 unspecified atom stereocenters. The van der Waals surface area contributed by atoms with E-state index in [1.54, 1.807) is 6.20 Å². The molecule has 2 heterocycles. The number of likely N-dealkylation sites (tertiary alicyclic amines) is 1. The Morgan fingerprint density at radius 2 is 1.90 bits per heavy atom. The smallest absolute Gasteiger partial charge is 0.257 e. The van der Waals surface area contributed by atoms with Crippen molar-refractivity contribution in [3.8, 4) is 5.75 Å². The number of piperidine rings is 1. The molecular weight excluding hydrogens is 364 g/mol. The quantitative estimate of drug-likeness (QED) is 0.712. The van der Waals surface area contributed by atoms with Crippen LogP contribution in [0.3, 0.4) is 0 Å². The third kappa shape index (κ3) is 5.26. The van der Waals surface area contributed by atoms with E-state index in [1.807, 2.05) is 48.2 Å². The Balaban J connectivity index is 1.37. The molecule has 6 heteroatoms. The summed E-state index contributed by atoms with van der Waals surface area (Å²) in [7, 11) is 0. The van der Waals surface area contributed by atoms with Crippen molar-refractivity contribution >= 4 is 17.4 Å². The molecule has 4 rings (SSSR count). The molecule has 0 bridgehead atoms. The number of carbonyl (C=O) groups is 1. The number of carbonyl (C=O) groups excluding carboxylic acids is 1. The van der Waals surface area contributed by atoms with E-state index >= 15 is 0 Å². The van der Waals surface area contributed by atoms with E-state index in [0.717, 1.165) is 49.8 Å². The number of hydrogen-bond acceptors (Lipinski definition) is 5. The highest BCUT2D eigenvalue weighted by molar-refractivity contribution is 5.99. The number of nitrogens with zero attached hydrogens (tertiary/aromatic N) is 2. The highest BCUT2D eigenvalue weighted by Crippen LogP contribution is 2.28. The first-order valence-corrected chi connectivity index (χ1v) is 10.7. The van der Waals surface area contributed by atoms with Crippen molar-refractivity contribution in [1.29, 1.82) is 0 Å². The van der Waals surface area contributed by atoms with E-state index in [9.17, 15) is 4.79 Å². The monoisotopic (exact) mass is 394 g/mol. The summed E-state index contributed by atoms with van der Waals surface area (Å²) in [5.41, 5.74) is 1.50. The van der Waals surface area contributed by atoms with Crippen LogP contribution in [-0.4, -0.2) is 48.1 Å². The number of benzene rings is 1. The number of hydrogen-bond donors (Lipinski definition) is 2. The molecule has 1 aliphatic carbocycles. The van der Waals surface area contributed by atoms with Crippen LogP contribution in [0.2, 0.25) is 0 Å². The van der Waals surface area contributed by atoms with Crippen molar-refractivity contribution in [2.75, 3.05) is 31.6 Å². The first kappa shape index (κ1) is 19.7. The molecule has 1 amide bonds. The largest absolute Gasteiger partial charge is 0.494 e. The third-order valence-corrected chi connectivity index (χ3v) is 5.64. The van der Waals surface area contributed by atoms with Crippen LogP contribution >= 0.6 is 0 Å². The van der Waals surface area contributed by atoms with Gasteiger partial charge in [0.25, 0.3) is 5.91 Å². The second-order valence-electron chi connectivity index (χ2n) is 7.90. The zero-order chi connectivity index (χ0) is 20.1. The van der Waals surface area contributed by atoms with Crippen molar-refractivity contribution in [1.82, 2.24) is 15.2 Å². The van der Waals surface area contributed by atoms with Gasteiger partial charge >= 0.3 is 0 Å². The minimum absolute atomic E-state index is 0.0483. The van der Waals surface area contributed by atoms with Crippen LogP contribution in [0.5, 0.6) is 5.75 Å². The summed E-state index contributed by atoms with van der Waals surface area (Å²) in [5, 5.41) is 6.95. The first-order valence-electron chi connectivity index (χ1n) is 10.7. The van der Waals surface area contributed by atoms with Gasteiger partial charge in [-0.2, -0.15) is 0 Å². The van der Waals surface area contributed by atoms with E-state index in [-0.39, 0.29) is 5.91 Å². The number of ether oxygens (including phenoxy) is 1. The molecule has 1 aromatic carbocycles. The van der Waals surface area contributed by atoms with Gasteiger partial charge in [0.05, 0.1) is 12.2 Å². The van der Waals surface area contributed by atoms with Crippen LogP contribution in [0.25, 0.3) is 0 Å². The maximum Gasteiger partial charge on any atom is 0.257 e. The van der Waals surface area contributed by atoms with E-state index in [0.29, 0.717) is 24.0 Å². The highest BCUT2D eigenvalue weighted by atomic mass is 16.5. The van der Waals surface area contributed by atoms with Gasteiger partial charge in [0.1, 0.15) is 11.6 Å². The van der Waals surface area contributed by atoms with Crippen molar-refractivity contribution in [2.45, 2.75) is 38.6 Å². The Morgan fingerprint density at radius 1 is 1.14 bits per heavy atom. The highest BCUT2D eigenvalue weighted by Gasteiger charge is 2.27. The number of nitrogens with one attached hydrogen (secondary N) is 2. The lowest BCUT2D eigenvalue weighted by Crippen LogP contribution is -2.45. The van der Waals surface area contributed by atoms with Gasteiger partial charge < -0.3 is 20.3 Å². The molecule has 0 radical (unpaired) electrons. The minimum Gasteiger partial charge on any atom is -0.494 e. The maximum atomic E-state index is 13.1.